The second-order valence-corrected chi connectivity index (χ2v) is 10.0. The van der Waals surface area contributed by atoms with E-state index in [-0.39, 0.29) is 5.41 Å². The Labute approximate surface area is 197 Å². The fraction of sp³-hybridized carbons (Fsp3) is 0.226. The molecule has 164 valence electrons. The molecule has 6 rings (SSSR count). The van der Waals surface area contributed by atoms with E-state index in [1.807, 2.05) is 0 Å². The maximum Gasteiger partial charge on any atom is 0.0725 e. The van der Waals surface area contributed by atoms with Gasteiger partial charge in [-0.3, -0.25) is 0 Å². The van der Waals surface area contributed by atoms with E-state index in [0.29, 0.717) is 0 Å². The Bertz CT molecular complexity index is 1380. The molecule has 2 heteroatoms. The summed E-state index contributed by atoms with van der Waals surface area (Å²) in [4.78, 5) is 4.52. The lowest BCUT2D eigenvalue weighted by molar-refractivity contribution is 0.402. The molecular formula is C31H30N2. The summed E-state index contributed by atoms with van der Waals surface area (Å²) in [6.07, 6.45) is 0. The number of nitrogens with zero attached hydrogens (tertiary/aromatic N) is 2. The molecular weight excluding hydrogens is 400 g/mol. The summed E-state index contributed by atoms with van der Waals surface area (Å²) in [6, 6.07) is 32.2. The molecule has 0 N–H and O–H groups in total. The second-order valence-electron chi connectivity index (χ2n) is 10.0. The van der Waals surface area contributed by atoms with Crippen molar-refractivity contribution >= 4 is 0 Å². The zero-order valence-corrected chi connectivity index (χ0v) is 19.9. The molecule has 2 aliphatic rings. The van der Waals surface area contributed by atoms with Crippen molar-refractivity contribution in [2.45, 2.75) is 18.5 Å². The molecule has 1 unspecified atom stereocenters. The van der Waals surface area contributed by atoms with Crippen molar-refractivity contribution in [2.75, 3.05) is 28.2 Å². The largest absolute Gasteiger partial charge is 0.305 e. The van der Waals surface area contributed by atoms with Crippen molar-refractivity contribution in [1.29, 1.82) is 0 Å². The van der Waals surface area contributed by atoms with Crippen LogP contribution < -0.4 is 0 Å². The maximum absolute atomic E-state index is 2.47. The standard InChI is InChI=1S/C31H30N2/c1-32(2)19-21-16-17-24-23-11-5-7-13-26(23)31(29(24)18-21)27-14-8-6-12-25(27)30-22(20-33(3)4)10-9-15-28(30)31/h5-18H,19-20H2,1-4H3. The number of hydrogen-bond acceptors (Lipinski definition) is 2. The maximum atomic E-state index is 2.47. The van der Waals surface area contributed by atoms with Gasteiger partial charge in [-0.05, 0) is 83.8 Å². The Morgan fingerprint density at radius 1 is 0.545 bits per heavy atom. The van der Waals surface area contributed by atoms with Crippen LogP contribution in [0.3, 0.4) is 0 Å². The Hall–Kier alpha value is -3.20. The molecule has 2 aliphatic carbocycles. The Balaban J connectivity index is 1.74. The van der Waals surface area contributed by atoms with Crippen molar-refractivity contribution in [3.8, 4) is 22.3 Å². The van der Waals surface area contributed by atoms with Gasteiger partial charge in [0, 0.05) is 13.1 Å². The topological polar surface area (TPSA) is 6.48 Å². The molecule has 0 saturated heterocycles. The van der Waals surface area contributed by atoms with Crippen molar-refractivity contribution in [1.82, 2.24) is 9.80 Å². The van der Waals surface area contributed by atoms with Crippen LogP contribution in [0.2, 0.25) is 0 Å². The summed E-state index contributed by atoms with van der Waals surface area (Å²) >= 11 is 0. The van der Waals surface area contributed by atoms with E-state index in [1.54, 1.807) is 0 Å². The van der Waals surface area contributed by atoms with Gasteiger partial charge in [-0.1, -0.05) is 84.9 Å². The lowest BCUT2D eigenvalue weighted by Crippen LogP contribution is -2.26. The van der Waals surface area contributed by atoms with Crippen molar-refractivity contribution in [3.63, 3.8) is 0 Å². The first kappa shape index (κ1) is 20.4. The van der Waals surface area contributed by atoms with E-state index in [2.05, 4.69) is 123 Å². The van der Waals surface area contributed by atoms with E-state index in [4.69, 9.17) is 0 Å². The first-order chi connectivity index (χ1) is 16.0. The van der Waals surface area contributed by atoms with Crippen LogP contribution >= 0.6 is 0 Å². The van der Waals surface area contributed by atoms with Crippen LogP contribution in [-0.4, -0.2) is 38.0 Å². The monoisotopic (exact) mass is 430 g/mol. The average Bonchev–Trinajstić information content (AvgIpc) is 3.26. The van der Waals surface area contributed by atoms with Crippen LogP contribution in [-0.2, 0) is 18.5 Å². The van der Waals surface area contributed by atoms with E-state index < -0.39 is 0 Å². The first-order valence-corrected chi connectivity index (χ1v) is 11.8. The van der Waals surface area contributed by atoms with Crippen LogP contribution in [0.25, 0.3) is 22.3 Å². The highest BCUT2D eigenvalue weighted by Crippen LogP contribution is 2.63. The normalized spacial score (nSPS) is 17.4. The minimum atomic E-state index is -0.261. The second kappa shape index (κ2) is 7.41. The van der Waals surface area contributed by atoms with Gasteiger partial charge in [0.05, 0.1) is 5.41 Å². The Morgan fingerprint density at radius 3 is 1.88 bits per heavy atom. The van der Waals surface area contributed by atoms with Crippen LogP contribution in [0.15, 0.2) is 84.9 Å². The van der Waals surface area contributed by atoms with E-state index in [1.165, 1.54) is 55.6 Å². The summed E-state index contributed by atoms with van der Waals surface area (Å²) in [5, 5.41) is 0. The molecule has 0 fully saturated rings. The van der Waals surface area contributed by atoms with Crippen LogP contribution in [0.5, 0.6) is 0 Å². The lowest BCUT2D eigenvalue weighted by Gasteiger charge is -2.31. The predicted octanol–water partition coefficient (Wildman–Crippen LogP) is 6.15. The van der Waals surface area contributed by atoms with Gasteiger partial charge in [-0.15, -0.1) is 0 Å². The Kier molecular flexibility index (Phi) is 4.58. The number of hydrogen-bond donors (Lipinski definition) is 0. The zero-order valence-electron chi connectivity index (χ0n) is 19.9. The molecule has 0 bridgehead atoms. The predicted molar refractivity (Wildman–Crippen MR) is 138 cm³/mol. The minimum Gasteiger partial charge on any atom is -0.305 e. The summed E-state index contributed by atoms with van der Waals surface area (Å²) in [6.45, 7) is 1.87. The molecule has 0 amide bonds. The molecule has 2 nitrogen and oxygen atoms in total. The SMILES string of the molecule is CN(C)Cc1ccc2c(c1)C1(c3ccccc3-2)c2ccccc2-c2c(CN(C)C)cccc21. The Morgan fingerprint density at radius 2 is 1.15 bits per heavy atom. The van der Waals surface area contributed by atoms with E-state index in [9.17, 15) is 0 Å². The summed E-state index contributed by atoms with van der Waals surface area (Å²) < 4.78 is 0. The fourth-order valence-electron chi connectivity index (χ4n) is 6.25. The number of rotatable bonds is 4. The zero-order chi connectivity index (χ0) is 22.7. The molecule has 1 spiro atoms. The van der Waals surface area contributed by atoms with Gasteiger partial charge < -0.3 is 9.80 Å². The molecule has 4 aromatic carbocycles. The molecule has 33 heavy (non-hydrogen) atoms. The first-order valence-electron chi connectivity index (χ1n) is 11.8. The van der Waals surface area contributed by atoms with E-state index >= 15 is 0 Å². The highest BCUT2D eigenvalue weighted by molar-refractivity contribution is 5.95. The van der Waals surface area contributed by atoms with Gasteiger partial charge in [-0.25, -0.2) is 0 Å². The summed E-state index contributed by atoms with van der Waals surface area (Å²) in [5.41, 5.74) is 13.7. The number of fused-ring (bicyclic) bond motifs is 10. The lowest BCUT2D eigenvalue weighted by atomic mass is 9.70. The minimum absolute atomic E-state index is 0.261. The third kappa shape index (κ3) is 2.81. The van der Waals surface area contributed by atoms with Crippen LogP contribution in [0.1, 0.15) is 33.4 Å². The third-order valence-electron chi connectivity index (χ3n) is 7.25. The van der Waals surface area contributed by atoms with Crippen LogP contribution in [0, 0.1) is 0 Å². The molecule has 0 aliphatic heterocycles. The van der Waals surface area contributed by atoms with E-state index in [0.717, 1.165) is 13.1 Å². The third-order valence-corrected chi connectivity index (χ3v) is 7.25. The fourth-order valence-corrected chi connectivity index (χ4v) is 6.25. The molecule has 0 saturated carbocycles. The van der Waals surface area contributed by atoms with Crippen molar-refractivity contribution < 1.29 is 0 Å². The number of benzene rings is 4. The van der Waals surface area contributed by atoms with Crippen molar-refractivity contribution in [3.05, 3.63) is 118 Å². The van der Waals surface area contributed by atoms with Gasteiger partial charge in [-0.2, -0.15) is 0 Å². The highest BCUT2D eigenvalue weighted by Gasteiger charge is 2.52. The molecule has 0 radical (unpaired) electrons. The smallest absolute Gasteiger partial charge is 0.0725 e. The van der Waals surface area contributed by atoms with Gasteiger partial charge >= 0.3 is 0 Å². The summed E-state index contributed by atoms with van der Waals surface area (Å²) in [5.74, 6) is 0. The van der Waals surface area contributed by atoms with Crippen molar-refractivity contribution in [2.24, 2.45) is 0 Å². The van der Waals surface area contributed by atoms with Gasteiger partial charge in [0.2, 0.25) is 0 Å². The average molecular weight is 431 g/mol. The van der Waals surface area contributed by atoms with Gasteiger partial charge in [0.25, 0.3) is 0 Å². The molecule has 0 aromatic heterocycles. The quantitative estimate of drug-likeness (QED) is 0.331. The summed E-state index contributed by atoms with van der Waals surface area (Å²) in [7, 11) is 8.60. The van der Waals surface area contributed by atoms with Crippen LogP contribution in [0.4, 0.5) is 0 Å². The molecule has 0 heterocycles. The molecule has 4 aromatic rings. The highest BCUT2D eigenvalue weighted by atomic mass is 15.1. The molecule has 1 atom stereocenters. The van der Waals surface area contributed by atoms with Gasteiger partial charge in [0.15, 0.2) is 0 Å². The van der Waals surface area contributed by atoms with Gasteiger partial charge in [0.1, 0.15) is 0 Å².